The summed E-state index contributed by atoms with van der Waals surface area (Å²) in [6.45, 7) is 4.04. The second-order valence-corrected chi connectivity index (χ2v) is 6.61. The Labute approximate surface area is 145 Å². The van der Waals surface area contributed by atoms with Crippen molar-refractivity contribution < 1.29 is 4.74 Å². The Hall–Kier alpha value is -1.89. The van der Waals surface area contributed by atoms with Gasteiger partial charge in [-0.1, -0.05) is 41.9 Å². The van der Waals surface area contributed by atoms with Crippen molar-refractivity contribution in [3.05, 3.63) is 57.5 Å². The first kappa shape index (κ1) is 15.6. The molecular formula is C17H19ClN4O2. The fourth-order valence-corrected chi connectivity index (χ4v) is 3.77. The monoisotopic (exact) mass is 346 g/mol. The van der Waals surface area contributed by atoms with E-state index < -0.39 is 0 Å². The maximum Gasteiger partial charge on any atom is 0.285 e. The van der Waals surface area contributed by atoms with Crippen LogP contribution in [0.1, 0.15) is 5.56 Å². The van der Waals surface area contributed by atoms with Gasteiger partial charge in [-0.2, -0.15) is 5.10 Å². The minimum atomic E-state index is -0.355. The summed E-state index contributed by atoms with van der Waals surface area (Å²) in [6.07, 6.45) is 1.74. The van der Waals surface area contributed by atoms with Gasteiger partial charge in [0.25, 0.3) is 5.56 Å². The van der Waals surface area contributed by atoms with Crippen LogP contribution in [0.15, 0.2) is 41.3 Å². The number of morpholine rings is 1. The smallest absolute Gasteiger partial charge is 0.285 e. The fraction of sp³-hybridized carbons (Fsp3) is 0.412. The number of benzene rings is 1. The van der Waals surface area contributed by atoms with Crippen LogP contribution in [0.3, 0.4) is 0 Å². The molecule has 1 aromatic carbocycles. The van der Waals surface area contributed by atoms with E-state index in [1.807, 2.05) is 6.07 Å². The lowest BCUT2D eigenvalue weighted by Gasteiger charge is -2.36. The SMILES string of the molecule is O=c1[nH]ncc(N2C[C@H]3OCCN(Cc4ccccc4)[C@H]3C2)c1Cl. The van der Waals surface area contributed by atoms with Crippen molar-refractivity contribution in [2.24, 2.45) is 0 Å². The zero-order valence-electron chi connectivity index (χ0n) is 13.2. The molecule has 1 aromatic heterocycles. The first-order chi connectivity index (χ1) is 11.7. The summed E-state index contributed by atoms with van der Waals surface area (Å²) in [5, 5.41) is 6.43. The molecule has 24 heavy (non-hydrogen) atoms. The number of hydrogen-bond donors (Lipinski definition) is 1. The maximum atomic E-state index is 11.7. The number of aromatic nitrogens is 2. The van der Waals surface area contributed by atoms with E-state index in [4.69, 9.17) is 16.3 Å². The highest BCUT2D eigenvalue weighted by atomic mass is 35.5. The topological polar surface area (TPSA) is 61.5 Å². The molecule has 0 bridgehead atoms. The van der Waals surface area contributed by atoms with Gasteiger partial charge >= 0.3 is 0 Å². The molecular weight excluding hydrogens is 328 g/mol. The first-order valence-corrected chi connectivity index (χ1v) is 8.48. The molecule has 2 fully saturated rings. The van der Waals surface area contributed by atoms with Gasteiger partial charge in [0.2, 0.25) is 0 Å². The number of anilines is 1. The number of H-pyrrole nitrogens is 1. The fourth-order valence-electron chi connectivity index (χ4n) is 3.56. The lowest BCUT2D eigenvalue weighted by Crippen LogP contribution is -2.50. The van der Waals surface area contributed by atoms with Gasteiger partial charge in [-0.3, -0.25) is 9.69 Å². The molecule has 1 N–H and O–H groups in total. The van der Waals surface area contributed by atoms with Crippen molar-refractivity contribution in [3.63, 3.8) is 0 Å². The van der Waals surface area contributed by atoms with E-state index in [1.54, 1.807) is 6.20 Å². The molecule has 0 radical (unpaired) electrons. The summed E-state index contributed by atoms with van der Waals surface area (Å²) < 4.78 is 5.96. The molecule has 6 nitrogen and oxygen atoms in total. The molecule has 7 heteroatoms. The van der Waals surface area contributed by atoms with Gasteiger partial charge in [0, 0.05) is 26.2 Å². The van der Waals surface area contributed by atoms with Crippen molar-refractivity contribution in [3.8, 4) is 0 Å². The van der Waals surface area contributed by atoms with E-state index in [0.29, 0.717) is 5.69 Å². The average molecular weight is 347 g/mol. The molecule has 0 spiro atoms. The molecule has 0 saturated carbocycles. The number of ether oxygens (including phenoxy) is 1. The van der Waals surface area contributed by atoms with Gasteiger partial charge in [-0.15, -0.1) is 0 Å². The minimum absolute atomic E-state index is 0.123. The molecule has 2 aliphatic rings. The third kappa shape index (κ3) is 2.92. The van der Waals surface area contributed by atoms with Crippen LogP contribution in [0.2, 0.25) is 5.02 Å². The molecule has 0 amide bonds. The van der Waals surface area contributed by atoms with Crippen LogP contribution >= 0.6 is 11.6 Å². The molecule has 3 heterocycles. The zero-order valence-corrected chi connectivity index (χ0v) is 13.9. The van der Waals surface area contributed by atoms with Crippen LogP contribution in [0.25, 0.3) is 0 Å². The highest BCUT2D eigenvalue weighted by Gasteiger charge is 2.40. The molecule has 2 aliphatic heterocycles. The Balaban J connectivity index is 1.54. The summed E-state index contributed by atoms with van der Waals surface area (Å²) in [4.78, 5) is 16.3. The highest BCUT2D eigenvalue weighted by molar-refractivity contribution is 6.33. The molecule has 2 aromatic rings. The van der Waals surface area contributed by atoms with Crippen molar-refractivity contribution in [1.82, 2.24) is 15.1 Å². The van der Waals surface area contributed by atoms with E-state index in [1.165, 1.54) is 5.56 Å². The maximum absolute atomic E-state index is 11.7. The zero-order chi connectivity index (χ0) is 16.5. The highest BCUT2D eigenvalue weighted by Crippen LogP contribution is 2.30. The molecule has 0 aliphatic carbocycles. The van der Waals surface area contributed by atoms with Gasteiger partial charge < -0.3 is 9.64 Å². The third-order valence-electron chi connectivity index (χ3n) is 4.76. The lowest BCUT2D eigenvalue weighted by atomic mass is 10.1. The summed E-state index contributed by atoms with van der Waals surface area (Å²) in [5.74, 6) is 0. The standard InChI is InChI=1S/C17H19ClN4O2/c18-16-13(8-19-20-17(16)23)22-10-14-15(11-22)24-7-6-21(14)9-12-4-2-1-3-5-12/h1-5,8,14-15H,6-7,9-11H2,(H,20,23)/t14-,15+/m0/s1. The van der Waals surface area contributed by atoms with Crippen LogP contribution < -0.4 is 10.5 Å². The summed E-state index contributed by atoms with van der Waals surface area (Å²) in [5.41, 5.74) is 1.62. The predicted molar refractivity (Wildman–Crippen MR) is 92.5 cm³/mol. The Morgan fingerprint density at radius 3 is 2.96 bits per heavy atom. The summed E-state index contributed by atoms with van der Waals surface area (Å²) in [6, 6.07) is 10.7. The largest absolute Gasteiger partial charge is 0.373 e. The number of nitrogens with zero attached hydrogens (tertiary/aromatic N) is 3. The molecule has 4 rings (SSSR count). The van der Waals surface area contributed by atoms with Gasteiger partial charge in [0.15, 0.2) is 0 Å². The van der Waals surface area contributed by atoms with E-state index in [0.717, 1.165) is 32.8 Å². The number of halogens is 1. The number of rotatable bonds is 3. The Bertz CT molecular complexity index is 767. The van der Waals surface area contributed by atoms with Gasteiger partial charge in [0.1, 0.15) is 5.02 Å². The minimum Gasteiger partial charge on any atom is -0.373 e. The Kier molecular flexibility index (Phi) is 4.26. The number of hydrogen-bond acceptors (Lipinski definition) is 5. The van der Waals surface area contributed by atoms with Crippen LogP contribution in [-0.2, 0) is 11.3 Å². The second-order valence-electron chi connectivity index (χ2n) is 6.24. The van der Waals surface area contributed by atoms with E-state index in [9.17, 15) is 4.79 Å². The number of nitrogens with one attached hydrogen (secondary N) is 1. The van der Waals surface area contributed by atoms with Crippen LogP contribution in [-0.4, -0.2) is 53.5 Å². The molecule has 126 valence electrons. The Morgan fingerprint density at radius 1 is 1.29 bits per heavy atom. The first-order valence-electron chi connectivity index (χ1n) is 8.10. The van der Waals surface area contributed by atoms with Crippen LogP contribution in [0, 0.1) is 0 Å². The van der Waals surface area contributed by atoms with E-state index in [2.05, 4.69) is 44.3 Å². The van der Waals surface area contributed by atoms with E-state index in [-0.39, 0.29) is 22.7 Å². The van der Waals surface area contributed by atoms with E-state index >= 15 is 0 Å². The average Bonchev–Trinajstić information content (AvgIpc) is 3.03. The van der Waals surface area contributed by atoms with Gasteiger partial charge in [-0.05, 0) is 5.56 Å². The third-order valence-corrected chi connectivity index (χ3v) is 5.13. The van der Waals surface area contributed by atoms with Gasteiger partial charge in [-0.25, -0.2) is 5.10 Å². The quantitative estimate of drug-likeness (QED) is 0.913. The Morgan fingerprint density at radius 2 is 2.12 bits per heavy atom. The van der Waals surface area contributed by atoms with Gasteiger partial charge in [0.05, 0.1) is 30.6 Å². The van der Waals surface area contributed by atoms with Crippen molar-refractivity contribution in [2.75, 3.05) is 31.1 Å². The van der Waals surface area contributed by atoms with Crippen molar-refractivity contribution >= 4 is 17.3 Å². The summed E-state index contributed by atoms with van der Waals surface area (Å²) >= 11 is 6.16. The van der Waals surface area contributed by atoms with Crippen molar-refractivity contribution in [2.45, 2.75) is 18.7 Å². The predicted octanol–water partition coefficient (Wildman–Crippen LogP) is 1.51. The number of aromatic amines is 1. The normalized spacial score (nSPS) is 24.1. The molecule has 2 saturated heterocycles. The second kappa shape index (κ2) is 6.55. The van der Waals surface area contributed by atoms with Crippen LogP contribution in [0.5, 0.6) is 0 Å². The van der Waals surface area contributed by atoms with Crippen LogP contribution in [0.4, 0.5) is 5.69 Å². The molecule has 2 atom stereocenters. The number of fused-ring (bicyclic) bond motifs is 1. The molecule has 0 unspecified atom stereocenters. The summed E-state index contributed by atoms with van der Waals surface area (Å²) in [7, 11) is 0. The lowest BCUT2D eigenvalue weighted by molar-refractivity contribution is -0.0499. The van der Waals surface area contributed by atoms with Crippen molar-refractivity contribution in [1.29, 1.82) is 0 Å².